The molecule has 21 heavy (non-hydrogen) atoms. The van der Waals surface area contributed by atoms with Crippen molar-refractivity contribution in [2.45, 2.75) is 5.79 Å². The van der Waals surface area contributed by atoms with Gasteiger partial charge in [0.25, 0.3) is 0 Å². The van der Waals surface area contributed by atoms with E-state index in [1.807, 2.05) is 0 Å². The van der Waals surface area contributed by atoms with E-state index in [9.17, 15) is 14.4 Å². The summed E-state index contributed by atoms with van der Waals surface area (Å²) in [4.78, 5) is 36.6. The Balaban J connectivity index is 2.69. The van der Waals surface area contributed by atoms with Gasteiger partial charge in [-0.25, -0.2) is 9.59 Å². The van der Waals surface area contributed by atoms with Crippen LogP contribution in [0.4, 0.5) is 0 Å². The quantitative estimate of drug-likeness (QED) is 0.410. The lowest BCUT2D eigenvalue weighted by Crippen LogP contribution is -2.59. The first-order chi connectivity index (χ1) is 9.98. The fourth-order valence-corrected chi connectivity index (χ4v) is 2.89. The molecule has 0 unspecified atom stereocenters. The normalized spacial score (nSPS) is 26.0. The van der Waals surface area contributed by atoms with Crippen LogP contribution in [0.25, 0.3) is 0 Å². The van der Waals surface area contributed by atoms with Gasteiger partial charge < -0.3 is 18.9 Å². The molecule has 114 valence electrons. The number of hydrogen-bond acceptors (Lipinski definition) is 7. The summed E-state index contributed by atoms with van der Waals surface area (Å²) in [7, 11) is 4.99. The van der Waals surface area contributed by atoms with Gasteiger partial charge in [-0.3, -0.25) is 4.79 Å². The van der Waals surface area contributed by atoms with Gasteiger partial charge in [0.05, 0.1) is 37.2 Å². The summed E-state index contributed by atoms with van der Waals surface area (Å²) in [5.41, 5.74) is 0.00623. The van der Waals surface area contributed by atoms with Crippen LogP contribution in [0.1, 0.15) is 0 Å². The number of carbonyl (C=O) groups is 3. The van der Waals surface area contributed by atoms with E-state index in [2.05, 4.69) is 4.74 Å². The van der Waals surface area contributed by atoms with Gasteiger partial charge in [0.2, 0.25) is 11.6 Å². The molecule has 0 saturated carbocycles. The standard InChI is InChI=1S/C14H16O7/c1-18-12(16)9-7-5-6-8(10(9)13(17)19-2)14(20-3,21-4)11(7)15/h5-8H,1-4H3/t7-,8-/m1/s1. The van der Waals surface area contributed by atoms with Crippen molar-refractivity contribution in [1.29, 1.82) is 0 Å². The number of hydrogen-bond donors (Lipinski definition) is 0. The third kappa shape index (κ3) is 1.92. The number of Topliss-reactive ketones (excluding diaryl/α,β-unsaturated/α-hetero) is 1. The Bertz CT molecular complexity index is 554. The molecule has 3 aliphatic carbocycles. The second kappa shape index (κ2) is 5.42. The van der Waals surface area contributed by atoms with Crippen LogP contribution < -0.4 is 0 Å². The number of carbonyl (C=O) groups excluding carboxylic acids is 3. The Morgan fingerprint density at radius 1 is 0.952 bits per heavy atom. The average Bonchev–Trinajstić information content (AvgIpc) is 2.53. The Labute approximate surface area is 121 Å². The zero-order valence-electron chi connectivity index (χ0n) is 12.2. The van der Waals surface area contributed by atoms with Crippen molar-refractivity contribution in [3.63, 3.8) is 0 Å². The van der Waals surface area contributed by atoms with Crippen molar-refractivity contribution in [3.8, 4) is 0 Å². The van der Waals surface area contributed by atoms with E-state index >= 15 is 0 Å². The first kappa shape index (κ1) is 15.4. The van der Waals surface area contributed by atoms with Crippen LogP contribution in [-0.4, -0.2) is 51.9 Å². The van der Waals surface area contributed by atoms with Crippen molar-refractivity contribution < 1.29 is 33.3 Å². The number of esters is 2. The van der Waals surface area contributed by atoms with Gasteiger partial charge in [-0.1, -0.05) is 12.2 Å². The molecule has 0 aromatic rings. The third-order valence-corrected chi connectivity index (χ3v) is 3.86. The summed E-state index contributed by atoms with van der Waals surface area (Å²) in [5, 5.41) is 0. The monoisotopic (exact) mass is 296 g/mol. The van der Waals surface area contributed by atoms with E-state index < -0.39 is 35.3 Å². The lowest BCUT2D eigenvalue weighted by molar-refractivity contribution is -0.225. The van der Waals surface area contributed by atoms with Crippen LogP contribution in [0, 0.1) is 11.8 Å². The molecule has 0 aliphatic heterocycles. The molecule has 7 heteroatoms. The van der Waals surface area contributed by atoms with Crippen LogP contribution in [0.5, 0.6) is 0 Å². The SMILES string of the molecule is COC(=O)C1=C(C(=O)OC)[C@H]2C=C[C@H]1C(=O)C2(OC)OC. The zero-order chi connectivity index (χ0) is 15.8. The summed E-state index contributed by atoms with van der Waals surface area (Å²) in [5.74, 6) is -5.39. The number of rotatable bonds is 4. The fourth-order valence-electron chi connectivity index (χ4n) is 2.89. The summed E-state index contributed by atoms with van der Waals surface area (Å²) in [6.45, 7) is 0. The fraction of sp³-hybridized carbons (Fsp3) is 0.500. The van der Waals surface area contributed by atoms with E-state index in [0.29, 0.717) is 0 Å². The van der Waals surface area contributed by atoms with E-state index in [1.54, 1.807) is 12.2 Å². The minimum atomic E-state index is -1.64. The molecule has 0 spiro atoms. The van der Waals surface area contributed by atoms with Gasteiger partial charge in [0.15, 0.2) is 0 Å². The molecule has 0 radical (unpaired) electrons. The second-order valence-corrected chi connectivity index (χ2v) is 4.59. The molecule has 7 nitrogen and oxygen atoms in total. The molecule has 0 saturated heterocycles. The smallest absolute Gasteiger partial charge is 0.335 e. The molecule has 3 aliphatic rings. The minimum Gasteiger partial charge on any atom is -0.466 e. The van der Waals surface area contributed by atoms with Crippen LogP contribution in [0.3, 0.4) is 0 Å². The molecule has 2 atom stereocenters. The van der Waals surface area contributed by atoms with Crippen LogP contribution in [0.15, 0.2) is 23.3 Å². The zero-order valence-corrected chi connectivity index (χ0v) is 12.2. The van der Waals surface area contributed by atoms with Gasteiger partial charge >= 0.3 is 11.9 Å². The topological polar surface area (TPSA) is 88.1 Å². The first-order valence-electron chi connectivity index (χ1n) is 6.22. The summed E-state index contributed by atoms with van der Waals surface area (Å²) in [6, 6.07) is 0. The summed E-state index contributed by atoms with van der Waals surface area (Å²) < 4.78 is 19.9. The highest BCUT2D eigenvalue weighted by molar-refractivity contribution is 6.11. The second-order valence-electron chi connectivity index (χ2n) is 4.59. The lowest BCUT2D eigenvalue weighted by Gasteiger charge is -2.45. The molecule has 0 aromatic carbocycles. The number of fused-ring (bicyclic) bond motifs is 1. The van der Waals surface area contributed by atoms with Crippen molar-refractivity contribution in [3.05, 3.63) is 23.3 Å². The molecule has 0 heterocycles. The molecule has 0 fully saturated rings. The van der Waals surface area contributed by atoms with Crippen LogP contribution in [-0.2, 0) is 33.3 Å². The van der Waals surface area contributed by atoms with Crippen LogP contribution >= 0.6 is 0 Å². The summed E-state index contributed by atoms with van der Waals surface area (Å²) >= 11 is 0. The van der Waals surface area contributed by atoms with Crippen LogP contribution in [0.2, 0.25) is 0 Å². The first-order valence-corrected chi connectivity index (χ1v) is 6.22. The number of allylic oxidation sites excluding steroid dienone is 1. The molecule has 0 N–H and O–H groups in total. The molecule has 2 bridgehead atoms. The van der Waals surface area contributed by atoms with E-state index in [0.717, 1.165) is 0 Å². The van der Waals surface area contributed by atoms with Gasteiger partial charge in [-0.2, -0.15) is 0 Å². The maximum atomic E-state index is 12.6. The molecular formula is C14H16O7. The van der Waals surface area contributed by atoms with E-state index in [1.165, 1.54) is 28.4 Å². The highest BCUT2D eigenvalue weighted by Gasteiger charge is 2.60. The van der Waals surface area contributed by atoms with Gasteiger partial charge in [0, 0.05) is 14.2 Å². The van der Waals surface area contributed by atoms with Gasteiger partial charge in [-0.15, -0.1) is 0 Å². The lowest BCUT2D eigenvalue weighted by atomic mass is 9.66. The van der Waals surface area contributed by atoms with Gasteiger partial charge in [-0.05, 0) is 0 Å². The number of ketones is 1. The number of ether oxygens (including phenoxy) is 4. The van der Waals surface area contributed by atoms with Crippen molar-refractivity contribution in [2.24, 2.45) is 11.8 Å². The Hall–Kier alpha value is -1.99. The minimum absolute atomic E-state index is 0.0217. The average molecular weight is 296 g/mol. The highest BCUT2D eigenvalue weighted by atomic mass is 16.7. The Morgan fingerprint density at radius 2 is 1.48 bits per heavy atom. The van der Waals surface area contributed by atoms with E-state index in [-0.39, 0.29) is 11.1 Å². The predicted molar refractivity (Wildman–Crippen MR) is 68.9 cm³/mol. The molecule has 0 amide bonds. The highest BCUT2D eigenvalue weighted by Crippen LogP contribution is 2.47. The molecular weight excluding hydrogens is 280 g/mol. The van der Waals surface area contributed by atoms with Gasteiger partial charge in [0.1, 0.15) is 0 Å². The Kier molecular flexibility index (Phi) is 3.97. The third-order valence-electron chi connectivity index (χ3n) is 3.86. The Morgan fingerprint density at radius 3 is 1.95 bits per heavy atom. The van der Waals surface area contributed by atoms with Crippen molar-refractivity contribution in [2.75, 3.05) is 28.4 Å². The maximum Gasteiger partial charge on any atom is 0.335 e. The van der Waals surface area contributed by atoms with Crippen molar-refractivity contribution in [1.82, 2.24) is 0 Å². The molecule has 3 rings (SSSR count). The number of methoxy groups -OCH3 is 4. The predicted octanol–water partition coefficient (Wildman–Crippen LogP) is 0.00300. The molecule has 0 aromatic heterocycles. The van der Waals surface area contributed by atoms with Crippen molar-refractivity contribution >= 4 is 17.7 Å². The maximum absolute atomic E-state index is 12.6. The largest absolute Gasteiger partial charge is 0.466 e. The summed E-state index contributed by atoms with van der Waals surface area (Å²) in [6.07, 6.45) is 3.15. The van der Waals surface area contributed by atoms with E-state index in [4.69, 9.17) is 14.2 Å².